The minimum absolute atomic E-state index is 0.153. The lowest BCUT2D eigenvalue weighted by molar-refractivity contribution is 0.405. The quantitative estimate of drug-likeness (QED) is 0.758. The molecule has 0 aromatic carbocycles. The SMILES string of the molecule is CCCCCS(=O)(=O)C1CCCCCCC1NC. The molecule has 0 heterocycles. The Bertz CT molecular complexity index is 314. The molecular weight excluding hydrogens is 246 g/mol. The highest BCUT2D eigenvalue weighted by Gasteiger charge is 2.32. The summed E-state index contributed by atoms with van der Waals surface area (Å²) in [5, 5.41) is 3.09. The molecule has 1 aliphatic rings. The van der Waals surface area contributed by atoms with Gasteiger partial charge in [0.1, 0.15) is 0 Å². The average molecular weight is 275 g/mol. The molecule has 2 atom stereocenters. The second kappa shape index (κ2) is 8.16. The van der Waals surface area contributed by atoms with Crippen molar-refractivity contribution in [3.05, 3.63) is 0 Å². The molecule has 0 saturated heterocycles. The molecule has 3 nitrogen and oxygen atoms in total. The minimum atomic E-state index is -2.92. The van der Waals surface area contributed by atoms with E-state index in [0.717, 1.165) is 44.9 Å². The molecule has 1 saturated carbocycles. The highest BCUT2D eigenvalue weighted by molar-refractivity contribution is 7.92. The van der Waals surface area contributed by atoms with Crippen LogP contribution in [0, 0.1) is 0 Å². The van der Waals surface area contributed by atoms with Gasteiger partial charge in [0.25, 0.3) is 0 Å². The topological polar surface area (TPSA) is 46.2 Å². The highest BCUT2D eigenvalue weighted by atomic mass is 32.2. The Morgan fingerprint density at radius 2 is 1.72 bits per heavy atom. The summed E-state index contributed by atoms with van der Waals surface area (Å²) in [6.45, 7) is 2.11. The van der Waals surface area contributed by atoms with E-state index in [9.17, 15) is 8.42 Å². The summed E-state index contributed by atoms with van der Waals surface area (Å²) >= 11 is 0. The fourth-order valence-corrected chi connectivity index (χ4v) is 5.12. The molecule has 0 bridgehead atoms. The van der Waals surface area contributed by atoms with E-state index in [2.05, 4.69) is 12.2 Å². The van der Waals surface area contributed by atoms with Gasteiger partial charge < -0.3 is 5.32 Å². The van der Waals surface area contributed by atoms with E-state index in [1.165, 1.54) is 12.8 Å². The van der Waals surface area contributed by atoms with Gasteiger partial charge in [-0.3, -0.25) is 0 Å². The Morgan fingerprint density at radius 3 is 2.33 bits per heavy atom. The van der Waals surface area contributed by atoms with E-state index in [0.29, 0.717) is 5.75 Å². The summed E-state index contributed by atoms with van der Waals surface area (Å²) in [4.78, 5) is 0. The van der Waals surface area contributed by atoms with Gasteiger partial charge in [-0.05, 0) is 26.3 Å². The van der Waals surface area contributed by atoms with Crippen molar-refractivity contribution in [3.8, 4) is 0 Å². The molecule has 18 heavy (non-hydrogen) atoms. The van der Waals surface area contributed by atoms with Crippen LogP contribution in [0.5, 0.6) is 0 Å². The normalized spacial score (nSPS) is 26.6. The average Bonchev–Trinajstić information content (AvgIpc) is 2.28. The van der Waals surface area contributed by atoms with E-state index >= 15 is 0 Å². The molecule has 0 spiro atoms. The first-order chi connectivity index (χ1) is 8.61. The van der Waals surface area contributed by atoms with Gasteiger partial charge in [-0.25, -0.2) is 8.42 Å². The van der Waals surface area contributed by atoms with Gasteiger partial charge in [-0.1, -0.05) is 45.4 Å². The number of rotatable bonds is 6. The van der Waals surface area contributed by atoms with Crippen LogP contribution in [0.1, 0.15) is 64.7 Å². The number of nitrogens with one attached hydrogen (secondary N) is 1. The van der Waals surface area contributed by atoms with E-state index in [4.69, 9.17) is 0 Å². The van der Waals surface area contributed by atoms with E-state index < -0.39 is 9.84 Å². The number of sulfone groups is 1. The predicted molar refractivity (Wildman–Crippen MR) is 77.6 cm³/mol. The van der Waals surface area contributed by atoms with E-state index in [1.54, 1.807) is 0 Å². The van der Waals surface area contributed by atoms with Gasteiger partial charge >= 0.3 is 0 Å². The molecule has 0 aliphatic heterocycles. The van der Waals surface area contributed by atoms with Crippen LogP contribution >= 0.6 is 0 Å². The molecule has 1 aliphatic carbocycles. The third-order valence-corrected chi connectivity index (χ3v) is 6.41. The maximum Gasteiger partial charge on any atom is 0.154 e. The Balaban J connectivity index is 2.66. The number of unbranched alkanes of at least 4 members (excludes halogenated alkanes) is 2. The van der Waals surface area contributed by atoms with Crippen LogP contribution in [-0.4, -0.2) is 32.5 Å². The van der Waals surface area contributed by atoms with Crippen molar-refractivity contribution in [2.75, 3.05) is 12.8 Å². The third-order valence-electron chi connectivity index (χ3n) is 4.07. The molecule has 2 unspecified atom stereocenters. The second-order valence-corrected chi connectivity index (χ2v) is 7.84. The summed E-state index contributed by atoms with van der Waals surface area (Å²) in [5.41, 5.74) is 0. The Hall–Kier alpha value is -0.0900. The minimum Gasteiger partial charge on any atom is -0.316 e. The first kappa shape index (κ1) is 16.0. The van der Waals surface area contributed by atoms with Crippen LogP contribution in [0.3, 0.4) is 0 Å². The summed E-state index contributed by atoms with van der Waals surface area (Å²) in [7, 11) is -1.02. The van der Waals surface area contributed by atoms with Gasteiger partial charge in [0.2, 0.25) is 0 Å². The first-order valence-corrected chi connectivity index (χ1v) is 9.22. The Kier molecular flexibility index (Phi) is 7.23. The smallest absolute Gasteiger partial charge is 0.154 e. The van der Waals surface area contributed by atoms with E-state index in [-0.39, 0.29) is 11.3 Å². The lowest BCUT2D eigenvalue weighted by atomic mass is 9.96. The molecule has 0 radical (unpaired) electrons. The lowest BCUT2D eigenvalue weighted by Gasteiger charge is -2.28. The van der Waals surface area contributed by atoms with Gasteiger partial charge in [0.15, 0.2) is 9.84 Å². The van der Waals surface area contributed by atoms with Crippen molar-refractivity contribution in [2.24, 2.45) is 0 Å². The van der Waals surface area contributed by atoms with Crippen LogP contribution in [0.2, 0.25) is 0 Å². The van der Waals surface area contributed by atoms with Crippen molar-refractivity contribution in [2.45, 2.75) is 76.0 Å². The number of hydrogen-bond acceptors (Lipinski definition) is 3. The standard InChI is InChI=1S/C14H29NO2S/c1-3-4-9-12-18(16,17)14-11-8-6-5-7-10-13(14)15-2/h13-15H,3-12H2,1-2H3. The largest absolute Gasteiger partial charge is 0.316 e. The molecule has 4 heteroatoms. The molecule has 0 aromatic heterocycles. The molecule has 0 aromatic rings. The van der Waals surface area contributed by atoms with Crippen molar-refractivity contribution in [1.82, 2.24) is 5.32 Å². The maximum absolute atomic E-state index is 12.5. The van der Waals surface area contributed by atoms with Crippen LogP contribution in [0.25, 0.3) is 0 Å². The Labute approximate surface area is 113 Å². The van der Waals surface area contributed by atoms with Crippen LogP contribution in [-0.2, 0) is 9.84 Å². The zero-order valence-corrected chi connectivity index (χ0v) is 12.8. The predicted octanol–water partition coefficient (Wildman–Crippen LogP) is 2.90. The van der Waals surface area contributed by atoms with Crippen molar-refractivity contribution in [1.29, 1.82) is 0 Å². The molecule has 1 rings (SSSR count). The third kappa shape index (κ3) is 4.88. The zero-order chi connectivity index (χ0) is 13.4. The van der Waals surface area contributed by atoms with Crippen molar-refractivity contribution in [3.63, 3.8) is 0 Å². The van der Waals surface area contributed by atoms with Crippen molar-refractivity contribution < 1.29 is 8.42 Å². The van der Waals surface area contributed by atoms with Crippen LogP contribution < -0.4 is 5.32 Å². The second-order valence-electron chi connectivity index (χ2n) is 5.50. The molecule has 108 valence electrons. The highest BCUT2D eigenvalue weighted by Crippen LogP contribution is 2.24. The van der Waals surface area contributed by atoms with Crippen molar-refractivity contribution >= 4 is 9.84 Å². The fourth-order valence-electron chi connectivity index (χ4n) is 2.92. The summed E-state index contributed by atoms with van der Waals surface area (Å²) in [6, 6.07) is 0.164. The molecule has 1 N–H and O–H groups in total. The first-order valence-electron chi connectivity index (χ1n) is 7.50. The molecular formula is C14H29NO2S. The maximum atomic E-state index is 12.5. The lowest BCUT2D eigenvalue weighted by Crippen LogP contribution is -2.44. The summed E-state index contributed by atoms with van der Waals surface area (Å²) in [6.07, 6.45) is 9.45. The van der Waals surface area contributed by atoms with Gasteiger partial charge in [-0.2, -0.15) is 0 Å². The molecule has 1 fully saturated rings. The number of hydrogen-bond donors (Lipinski definition) is 1. The van der Waals surface area contributed by atoms with E-state index in [1.807, 2.05) is 7.05 Å². The Morgan fingerprint density at radius 1 is 1.06 bits per heavy atom. The summed E-state index contributed by atoms with van der Waals surface area (Å²) in [5.74, 6) is 0.379. The zero-order valence-electron chi connectivity index (χ0n) is 12.0. The monoisotopic (exact) mass is 275 g/mol. The van der Waals surface area contributed by atoms with Crippen LogP contribution in [0.15, 0.2) is 0 Å². The van der Waals surface area contributed by atoms with Gasteiger partial charge in [0, 0.05) is 6.04 Å². The van der Waals surface area contributed by atoms with Gasteiger partial charge in [-0.15, -0.1) is 0 Å². The fraction of sp³-hybridized carbons (Fsp3) is 1.00. The summed E-state index contributed by atoms with van der Waals surface area (Å²) < 4.78 is 24.9. The van der Waals surface area contributed by atoms with Gasteiger partial charge in [0.05, 0.1) is 11.0 Å². The van der Waals surface area contributed by atoms with Crippen LogP contribution in [0.4, 0.5) is 0 Å². The molecule has 0 amide bonds.